The maximum absolute atomic E-state index is 5.59. The highest BCUT2D eigenvalue weighted by molar-refractivity contribution is 5.28. The SMILES string of the molecule is CC(C)Cc1cccc(OCCCN)c1. The molecule has 0 spiro atoms. The summed E-state index contributed by atoms with van der Waals surface area (Å²) in [6.45, 7) is 5.84. The normalized spacial score (nSPS) is 10.7. The van der Waals surface area contributed by atoms with Crippen molar-refractivity contribution in [2.75, 3.05) is 13.2 Å². The fourth-order valence-corrected chi connectivity index (χ4v) is 1.51. The lowest BCUT2D eigenvalue weighted by Crippen LogP contribution is -2.06. The van der Waals surface area contributed by atoms with Gasteiger partial charge in [0.15, 0.2) is 0 Å². The van der Waals surface area contributed by atoms with Gasteiger partial charge in [-0.2, -0.15) is 0 Å². The molecule has 1 aromatic carbocycles. The van der Waals surface area contributed by atoms with Crippen LogP contribution in [0.4, 0.5) is 0 Å². The quantitative estimate of drug-likeness (QED) is 0.728. The summed E-state index contributed by atoms with van der Waals surface area (Å²) in [6.07, 6.45) is 2.02. The van der Waals surface area contributed by atoms with Crippen molar-refractivity contribution in [3.05, 3.63) is 29.8 Å². The Balaban J connectivity index is 2.50. The predicted octanol–water partition coefficient (Wildman–Crippen LogP) is 2.61. The van der Waals surface area contributed by atoms with Gasteiger partial charge < -0.3 is 10.5 Å². The Morgan fingerprint density at radius 3 is 2.80 bits per heavy atom. The molecule has 84 valence electrons. The van der Waals surface area contributed by atoms with E-state index in [9.17, 15) is 0 Å². The average molecular weight is 207 g/mol. The number of hydrogen-bond donors (Lipinski definition) is 1. The molecule has 15 heavy (non-hydrogen) atoms. The zero-order chi connectivity index (χ0) is 11.1. The van der Waals surface area contributed by atoms with E-state index in [0.717, 1.165) is 18.6 Å². The van der Waals surface area contributed by atoms with Crippen molar-refractivity contribution in [3.8, 4) is 5.75 Å². The molecule has 1 aromatic rings. The molecule has 0 unspecified atom stereocenters. The van der Waals surface area contributed by atoms with Gasteiger partial charge in [0.1, 0.15) is 5.75 Å². The monoisotopic (exact) mass is 207 g/mol. The zero-order valence-corrected chi connectivity index (χ0v) is 9.70. The second-order valence-electron chi connectivity index (χ2n) is 4.24. The maximum Gasteiger partial charge on any atom is 0.119 e. The molecule has 0 bridgehead atoms. The molecule has 2 nitrogen and oxygen atoms in total. The van der Waals surface area contributed by atoms with Gasteiger partial charge in [-0.3, -0.25) is 0 Å². The first-order valence-electron chi connectivity index (χ1n) is 5.64. The molecule has 0 aliphatic heterocycles. The molecule has 0 aromatic heterocycles. The summed E-state index contributed by atoms with van der Waals surface area (Å²) in [4.78, 5) is 0. The first kappa shape index (κ1) is 12.1. The molecule has 0 aliphatic rings. The Morgan fingerprint density at radius 1 is 1.33 bits per heavy atom. The van der Waals surface area contributed by atoms with Crippen molar-refractivity contribution in [1.82, 2.24) is 0 Å². The minimum absolute atomic E-state index is 0.685. The molecule has 2 N–H and O–H groups in total. The van der Waals surface area contributed by atoms with E-state index in [1.807, 2.05) is 6.07 Å². The summed E-state index contributed by atoms with van der Waals surface area (Å²) in [5.74, 6) is 1.64. The van der Waals surface area contributed by atoms with Gasteiger partial charge in [-0.1, -0.05) is 26.0 Å². The zero-order valence-electron chi connectivity index (χ0n) is 9.70. The van der Waals surface area contributed by atoms with E-state index < -0.39 is 0 Å². The van der Waals surface area contributed by atoms with E-state index in [-0.39, 0.29) is 0 Å². The number of hydrogen-bond acceptors (Lipinski definition) is 2. The fraction of sp³-hybridized carbons (Fsp3) is 0.538. The first-order chi connectivity index (χ1) is 7.22. The van der Waals surface area contributed by atoms with E-state index in [0.29, 0.717) is 19.1 Å². The molecule has 0 aliphatic carbocycles. The molecular weight excluding hydrogens is 186 g/mol. The van der Waals surface area contributed by atoms with Gasteiger partial charge >= 0.3 is 0 Å². The molecule has 0 amide bonds. The van der Waals surface area contributed by atoms with Crippen LogP contribution < -0.4 is 10.5 Å². The standard InChI is InChI=1S/C13H21NO/c1-11(2)9-12-5-3-6-13(10-12)15-8-4-7-14/h3,5-6,10-11H,4,7-9,14H2,1-2H3. The second kappa shape index (κ2) is 6.46. The Kier molecular flexibility index (Phi) is 5.19. The summed E-state index contributed by atoms with van der Waals surface area (Å²) in [7, 11) is 0. The Bertz CT molecular complexity index is 284. The summed E-state index contributed by atoms with van der Waals surface area (Å²) >= 11 is 0. The molecule has 0 radical (unpaired) electrons. The fourth-order valence-electron chi connectivity index (χ4n) is 1.51. The third-order valence-electron chi connectivity index (χ3n) is 2.16. The molecule has 0 saturated heterocycles. The van der Waals surface area contributed by atoms with Crippen molar-refractivity contribution in [2.24, 2.45) is 11.7 Å². The summed E-state index contributed by atoms with van der Waals surface area (Å²) in [6, 6.07) is 8.32. The maximum atomic E-state index is 5.59. The summed E-state index contributed by atoms with van der Waals surface area (Å²) in [5, 5.41) is 0. The van der Waals surface area contributed by atoms with Gasteiger partial charge in [-0.05, 0) is 43.0 Å². The minimum Gasteiger partial charge on any atom is -0.494 e. The van der Waals surface area contributed by atoms with Gasteiger partial charge in [-0.15, -0.1) is 0 Å². The highest BCUT2D eigenvalue weighted by atomic mass is 16.5. The summed E-state index contributed by atoms with van der Waals surface area (Å²) in [5.41, 5.74) is 6.75. The van der Waals surface area contributed by atoms with Crippen LogP contribution in [0.5, 0.6) is 5.75 Å². The van der Waals surface area contributed by atoms with Crippen molar-refractivity contribution in [1.29, 1.82) is 0 Å². The smallest absolute Gasteiger partial charge is 0.119 e. The Morgan fingerprint density at radius 2 is 2.13 bits per heavy atom. The van der Waals surface area contributed by atoms with E-state index in [2.05, 4.69) is 32.0 Å². The van der Waals surface area contributed by atoms with Gasteiger partial charge in [0, 0.05) is 0 Å². The average Bonchev–Trinajstić information content (AvgIpc) is 2.18. The van der Waals surface area contributed by atoms with Crippen LogP contribution in [-0.4, -0.2) is 13.2 Å². The van der Waals surface area contributed by atoms with Crippen molar-refractivity contribution in [2.45, 2.75) is 26.7 Å². The van der Waals surface area contributed by atoms with E-state index in [1.165, 1.54) is 5.56 Å². The topological polar surface area (TPSA) is 35.2 Å². The molecule has 0 saturated carbocycles. The highest BCUT2D eigenvalue weighted by Crippen LogP contribution is 2.16. The third-order valence-corrected chi connectivity index (χ3v) is 2.16. The number of rotatable bonds is 6. The van der Waals surface area contributed by atoms with Crippen molar-refractivity contribution in [3.63, 3.8) is 0 Å². The Labute approximate surface area is 92.4 Å². The second-order valence-corrected chi connectivity index (χ2v) is 4.24. The molecule has 1 rings (SSSR count). The van der Waals surface area contributed by atoms with Crippen LogP contribution in [0.3, 0.4) is 0 Å². The van der Waals surface area contributed by atoms with Gasteiger partial charge in [0.2, 0.25) is 0 Å². The van der Waals surface area contributed by atoms with Crippen LogP contribution in [0.1, 0.15) is 25.8 Å². The van der Waals surface area contributed by atoms with Crippen LogP contribution >= 0.6 is 0 Å². The van der Waals surface area contributed by atoms with Crippen molar-refractivity contribution < 1.29 is 4.74 Å². The summed E-state index contributed by atoms with van der Waals surface area (Å²) < 4.78 is 5.59. The van der Waals surface area contributed by atoms with E-state index >= 15 is 0 Å². The lowest BCUT2D eigenvalue weighted by Gasteiger charge is -2.08. The third kappa shape index (κ3) is 4.84. The van der Waals surface area contributed by atoms with E-state index in [4.69, 9.17) is 10.5 Å². The largest absolute Gasteiger partial charge is 0.494 e. The van der Waals surface area contributed by atoms with Crippen LogP contribution in [-0.2, 0) is 6.42 Å². The predicted molar refractivity (Wildman–Crippen MR) is 64.2 cm³/mol. The van der Waals surface area contributed by atoms with E-state index in [1.54, 1.807) is 0 Å². The van der Waals surface area contributed by atoms with Gasteiger partial charge in [0.25, 0.3) is 0 Å². The minimum atomic E-state index is 0.685. The molecule has 2 heteroatoms. The highest BCUT2D eigenvalue weighted by Gasteiger charge is 1.99. The van der Waals surface area contributed by atoms with Crippen LogP contribution in [0.2, 0.25) is 0 Å². The van der Waals surface area contributed by atoms with Crippen LogP contribution in [0, 0.1) is 5.92 Å². The molecule has 0 atom stereocenters. The molecule has 0 fully saturated rings. The lowest BCUT2D eigenvalue weighted by molar-refractivity contribution is 0.313. The lowest BCUT2D eigenvalue weighted by atomic mass is 10.0. The van der Waals surface area contributed by atoms with Crippen LogP contribution in [0.25, 0.3) is 0 Å². The molecular formula is C13H21NO. The first-order valence-corrected chi connectivity index (χ1v) is 5.64. The van der Waals surface area contributed by atoms with Crippen LogP contribution in [0.15, 0.2) is 24.3 Å². The van der Waals surface area contributed by atoms with Gasteiger partial charge in [0.05, 0.1) is 6.61 Å². The van der Waals surface area contributed by atoms with Crippen molar-refractivity contribution >= 4 is 0 Å². The molecule has 0 heterocycles. The number of benzene rings is 1. The number of ether oxygens (including phenoxy) is 1. The number of nitrogens with two attached hydrogens (primary N) is 1. The van der Waals surface area contributed by atoms with Gasteiger partial charge in [-0.25, -0.2) is 0 Å². The Hall–Kier alpha value is -1.02.